The molecular weight excluding hydrogens is 436 g/mol. The molecule has 1 aliphatic carbocycles. The first-order valence-electron chi connectivity index (χ1n) is 10.7. The molecule has 0 amide bonds. The number of hydrogen-bond donors (Lipinski definition) is 0. The zero-order chi connectivity index (χ0) is 23.2. The lowest BCUT2D eigenvalue weighted by Crippen LogP contribution is -2.27. The summed E-state index contributed by atoms with van der Waals surface area (Å²) in [4.78, 5) is 21.1. The molecule has 0 saturated heterocycles. The van der Waals surface area contributed by atoms with Gasteiger partial charge in [-0.1, -0.05) is 6.07 Å². The number of hydrogen-bond acceptors (Lipinski definition) is 4. The largest absolute Gasteiger partial charge is 0.294 e. The van der Waals surface area contributed by atoms with Gasteiger partial charge in [-0.05, 0) is 48.2 Å². The summed E-state index contributed by atoms with van der Waals surface area (Å²) in [7, 11) is 0. The Hall–Kier alpha value is -3.36. The highest BCUT2D eigenvalue weighted by Crippen LogP contribution is 2.41. The average Bonchev–Trinajstić information content (AvgIpc) is 3.19. The van der Waals surface area contributed by atoms with Crippen LogP contribution in [0.1, 0.15) is 54.1 Å². The van der Waals surface area contributed by atoms with Gasteiger partial charge in [-0.15, -0.1) is 0 Å². The van der Waals surface area contributed by atoms with E-state index in [1.54, 1.807) is 16.8 Å². The fourth-order valence-corrected chi connectivity index (χ4v) is 4.52. The predicted octanol–water partition coefficient (Wildman–Crippen LogP) is 5.88. The summed E-state index contributed by atoms with van der Waals surface area (Å²) in [5.41, 5.74) is 2.76. The second kappa shape index (κ2) is 8.20. The van der Waals surface area contributed by atoms with E-state index < -0.39 is 17.7 Å². The number of aliphatic imine (C=N–C) groups is 1. The minimum Gasteiger partial charge on any atom is -0.294 e. The highest BCUT2D eigenvalue weighted by Gasteiger charge is 2.37. The Morgan fingerprint density at radius 2 is 1.82 bits per heavy atom. The van der Waals surface area contributed by atoms with E-state index in [0.29, 0.717) is 33.8 Å². The zero-order valence-corrected chi connectivity index (χ0v) is 17.6. The van der Waals surface area contributed by atoms with E-state index in [4.69, 9.17) is 0 Å². The first-order valence-corrected chi connectivity index (χ1v) is 10.7. The molecule has 0 bridgehead atoms. The van der Waals surface area contributed by atoms with Crippen molar-refractivity contribution in [2.45, 2.75) is 50.5 Å². The number of nitrogens with zero attached hydrogens (tertiary/aromatic N) is 4. The average molecular weight is 456 g/mol. The highest BCUT2D eigenvalue weighted by atomic mass is 19.3. The SMILES string of the molecule is O=C1CC(Cc2cc(F)ccc2-c2ccc(F)nc2)=Nc2c1cnn2C1CCC(F)(F)CC1. The van der Waals surface area contributed by atoms with Gasteiger partial charge in [0.25, 0.3) is 0 Å². The molecule has 33 heavy (non-hydrogen) atoms. The number of aromatic nitrogens is 3. The van der Waals surface area contributed by atoms with E-state index in [-0.39, 0.29) is 50.4 Å². The molecule has 3 heterocycles. The molecule has 1 fully saturated rings. The van der Waals surface area contributed by atoms with Crippen LogP contribution in [-0.4, -0.2) is 32.2 Å². The zero-order valence-electron chi connectivity index (χ0n) is 17.6. The van der Waals surface area contributed by atoms with E-state index in [1.165, 1.54) is 30.6 Å². The van der Waals surface area contributed by atoms with Gasteiger partial charge in [0.05, 0.1) is 24.2 Å². The Labute approximate surface area is 187 Å². The molecule has 3 aromatic rings. The van der Waals surface area contributed by atoms with Crippen LogP contribution in [0.5, 0.6) is 0 Å². The third-order valence-electron chi connectivity index (χ3n) is 6.23. The fourth-order valence-electron chi connectivity index (χ4n) is 4.52. The van der Waals surface area contributed by atoms with Gasteiger partial charge in [0, 0.05) is 36.7 Å². The normalized spacial score (nSPS) is 18.2. The predicted molar refractivity (Wildman–Crippen MR) is 114 cm³/mol. The molecule has 9 heteroatoms. The molecule has 1 aliphatic heterocycles. The monoisotopic (exact) mass is 456 g/mol. The molecule has 0 N–H and O–H groups in total. The molecule has 170 valence electrons. The van der Waals surface area contributed by atoms with Crippen LogP contribution in [0.2, 0.25) is 0 Å². The molecular formula is C24H20F4N4O. The van der Waals surface area contributed by atoms with Crippen LogP contribution >= 0.6 is 0 Å². The minimum atomic E-state index is -2.67. The van der Waals surface area contributed by atoms with Crippen molar-refractivity contribution < 1.29 is 22.4 Å². The molecule has 0 spiro atoms. The number of pyridine rings is 1. The van der Waals surface area contributed by atoms with E-state index >= 15 is 0 Å². The van der Waals surface area contributed by atoms with Gasteiger partial charge >= 0.3 is 0 Å². The van der Waals surface area contributed by atoms with Crippen LogP contribution in [0.25, 0.3) is 11.1 Å². The quantitative estimate of drug-likeness (QED) is 0.364. The van der Waals surface area contributed by atoms with Gasteiger partial charge in [0.1, 0.15) is 5.82 Å². The van der Waals surface area contributed by atoms with Crippen molar-refractivity contribution in [3.05, 3.63) is 65.6 Å². The molecule has 0 radical (unpaired) electrons. The number of fused-ring (bicyclic) bond motifs is 1. The Morgan fingerprint density at radius 3 is 2.55 bits per heavy atom. The second-order valence-electron chi connectivity index (χ2n) is 8.54. The smallest absolute Gasteiger partial charge is 0.248 e. The molecule has 1 aromatic carbocycles. The number of rotatable bonds is 4. The van der Waals surface area contributed by atoms with Gasteiger partial charge in [-0.25, -0.2) is 27.8 Å². The lowest BCUT2D eigenvalue weighted by atomic mass is 9.92. The summed E-state index contributed by atoms with van der Waals surface area (Å²) < 4.78 is 56.1. The summed E-state index contributed by atoms with van der Waals surface area (Å²) >= 11 is 0. The van der Waals surface area contributed by atoms with E-state index in [9.17, 15) is 22.4 Å². The van der Waals surface area contributed by atoms with Crippen molar-refractivity contribution in [3.8, 4) is 11.1 Å². The van der Waals surface area contributed by atoms with E-state index in [1.807, 2.05) is 0 Å². The first kappa shape index (κ1) is 21.5. The van der Waals surface area contributed by atoms with Crippen molar-refractivity contribution in [2.24, 2.45) is 4.99 Å². The third kappa shape index (κ3) is 4.31. The molecule has 2 aliphatic rings. The number of alkyl halides is 2. The maximum absolute atomic E-state index is 14.1. The van der Waals surface area contributed by atoms with Crippen molar-refractivity contribution in [1.82, 2.24) is 14.8 Å². The van der Waals surface area contributed by atoms with Crippen LogP contribution in [0, 0.1) is 11.8 Å². The molecule has 0 unspecified atom stereocenters. The third-order valence-corrected chi connectivity index (χ3v) is 6.23. The van der Waals surface area contributed by atoms with Crippen LogP contribution in [0.15, 0.2) is 47.7 Å². The number of benzene rings is 1. The standard InChI is InChI=1S/C24H20F4N4O/c25-16-2-3-19(14-1-4-22(26)29-12-14)15(9-16)10-17-11-21(33)20-13-30-32(23(20)31-17)18-5-7-24(27,28)8-6-18/h1-4,9,12-13,18H,5-8,10-11H2. The van der Waals surface area contributed by atoms with Gasteiger partial charge in [0.2, 0.25) is 11.9 Å². The Kier molecular flexibility index (Phi) is 5.34. The van der Waals surface area contributed by atoms with Gasteiger partial charge in [-0.3, -0.25) is 4.79 Å². The molecule has 1 saturated carbocycles. The number of Topliss-reactive ketones (excluding diaryl/α,β-unsaturated/α-hetero) is 1. The van der Waals surface area contributed by atoms with Gasteiger partial charge < -0.3 is 0 Å². The van der Waals surface area contributed by atoms with E-state index in [2.05, 4.69) is 15.1 Å². The van der Waals surface area contributed by atoms with Crippen LogP contribution in [0.3, 0.4) is 0 Å². The number of carbonyl (C=O) groups is 1. The van der Waals surface area contributed by atoms with Crippen molar-refractivity contribution in [2.75, 3.05) is 0 Å². The van der Waals surface area contributed by atoms with Crippen molar-refractivity contribution >= 4 is 17.3 Å². The lowest BCUT2D eigenvalue weighted by Gasteiger charge is -2.29. The first-order chi connectivity index (χ1) is 15.8. The summed E-state index contributed by atoms with van der Waals surface area (Å²) in [5, 5.41) is 4.29. The summed E-state index contributed by atoms with van der Waals surface area (Å²) in [6.07, 6.45) is 3.12. The summed E-state index contributed by atoms with van der Waals surface area (Å²) in [5.74, 6) is -3.52. The Bertz CT molecular complexity index is 1240. The molecule has 5 nitrogen and oxygen atoms in total. The van der Waals surface area contributed by atoms with Crippen LogP contribution in [0.4, 0.5) is 23.4 Å². The van der Waals surface area contributed by atoms with E-state index in [0.717, 1.165) is 0 Å². The molecule has 0 atom stereocenters. The molecule has 2 aromatic heterocycles. The Morgan fingerprint density at radius 1 is 1.03 bits per heavy atom. The molecule has 5 rings (SSSR count). The number of halogens is 4. The van der Waals surface area contributed by atoms with Crippen molar-refractivity contribution in [3.63, 3.8) is 0 Å². The van der Waals surface area contributed by atoms with Gasteiger partial charge in [0.15, 0.2) is 11.6 Å². The minimum absolute atomic E-state index is 0.0546. The fraction of sp³-hybridized carbons (Fsp3) is 0.333. The summed E-state index contributed by atoms with van der Waals surface area (Å²) in [6, 6.07) is 6.79. The number of carbonyl (C=O) groups excluding carboxylic acids is 1. The lowest BCUT2D eigenvalue weighted by molar-refractivity contribution is -0.0448. The topological polar surface area (TPSA) is 60.1 Å². The second-order valence-corrected chi connectivity index (χ2v) is 8.54. The maximum Gasteiger partial charge on any atom is 0.248 e. The van der Waals surface area contributed by atoms with Gasteiger partial charge in [-0.2, -0.15) is 9.49 Å². The highest BCUT2D eigenvalue weighted by molar-refractivity contribution is 6.15. The number of ketones is 1. The summed E-state index contributed by atoms with van der Waals surface area (Å²) in [6.45, 7) is 0. The maximum atomic E-state index is 14.1. The Balaban J connectivity index is 1.47. The van der Waals surface area contributed by atoms with Crippen LogP contribution < -0.4 is 0 Å². The van der Waals surface area contributed by atoms with Crippen molar-refractivity contribution in [1.29, 1.82) is 0 Å². The van der Waals surface area contributed by atoms with Crippen LogP contribution in [-0.2, 0) is 6.42 Å².